The SMILES string of the molecule is CCCNC(=O)[C@H](C)Sc1nc2cc3ccccc3cc2c(=O)n1CC. The fourth-order valence-electron chi connectivity index (χ4n) is 2.86. The lowest BCUT2D eigenvalue weighted by atomic mass is 10.1. The van der Waals surface area contributed by atoms with E-state index in [9.17, 15) is 9.59 Å². The van der Waals surface area contributed by atoms with E-state index in [1.54, 1.807) is 4.57 Å². The number of amides is 1. The summed E-state index contributed by atoms with van der Waals surface area (Å²) in [6, 6.07) is 11.8. The number of benzene rings is 2. The third-order valence-electron chi connectivity index (χ3n) is 4.30. The van der Waals surface area contributed by atoms with Gasteiger partial charge in [-0.25, -0.2) is 4.98 Å². The van der Waals surface area contributed by atoms with Crippen LogP contribution in [0.25, 0.3) is 21.7 Å². The number of nitrogens with zero attached hydrogens (tertiary/aromatic N) is 2. The number of fused-ring (bicyclic) bond motifs is 2. The van der Waals surface area contributed by atoms with Crippen molar-refractivity contribution in [3.8, 4) is 0 Å². The van der Waals surface area contributed by atoms with Crippen LogP contribution in [0.4, 0.5) is 0 Å². The molecule has 1 aromatic heterocycles. The summed E-state index contributed by atoms with van der Waals surface area (Å²) in [5.41, 5.74) is 0.606. The Morgan fingerprint density at radius 2 is 1.92 bits per heavy atom. The van der Waals surface area contributed by atoms with Crippen LogP contribution < -0.4 is 10.9 Å². The van der Waals surface area contributed by atoms with Gasteiger partial charge in [0.1, 0.15) is 0 Å². The molecule has 0 saturated heterocycles. The van der Waals surface area contributed by atoms with Crippen molar-refractivity contribution in [2.45, 2.75) is 44.1 Å². The van der Waals surface area contributed by atoms with Crippen molar-refractivity contribution in [2.75, 3.05) is 6.54 Å². The minimum atomic E-state index is -0.316. The number of carbonyl (C=O) groups is 1. The predicted octanol–water partition coefficient (Wildman–Crippen LogP) is 3.58. The first-order valence-corrected chi connectivity index (χ1v) is 9.80. The van der Waals surface area contributed by atoms with E-state index in [2.05, 4.69) is 5.32 Å². The lowest BCUT2D eigenvalue weighted by Gasteiger charge is -2.15. The first-order chi connectivity index (χ1) is 12.5. The highest BCUT2D eigenvalue weighted by atomic mass is 32.2. The maximum absolute atomic E-state index is 13.0. The molecule has 0 aliphatic carbocycles. The second kappa shape index (κ2) is 7.91. The van der Waals surface area contributed by atoms with Gasteiger partial charge in [0.25, 0.3) is 5.56 Å². The molecule has 26 heavy (non-hydrogen) atoms. The van der Waals surface area contributed by atoms with Gasteiger partial charge in [-0.2, -0.15) is 0 Å². The Morgan fingerprint density at radius 3 is 2.58 bits per heavy atom. The zero-order chi connectivity index (χ0) is 18.7. The summed E-state index contributed by atoms with van der Waals surface area (Å²) in [4.78, 5) is 29.8. The molecular weight excluding hydrogens is 346 g/mol. The zero-order valence-corrected chi connectivity index (χ0v) is 16.1. The van der Waals surface area contributed by atoms with Gasteiger partial charge in [0.05, 0.1) is 16.2 Å². The molecule has 0 aliphatic rings. The summed E-state index contributed by atoms with van der Waals surface area (Å²) in [5, 5.41) is 5.84. The third kappa shape index (κ3) is 3.60. The van der Waals surface area contributed by atoms with E-state index >= 15 is 0 Å². The van der Waals surface area contributed by atoms with Crippen LogP contribution in [0.5, 0.6) is 0 Å². The number of rotatable bonds is 6. The summed E-state index contributed by atoms with van der Waals surface area (Å²) in [6.07, 6.45) is 0.893. The number of aromatic nitrogens is 2. The van der Waals surface area contributed by atoms with Crippen molar-refractivity contribution >= 4 is 39.3 Å². The predicted molar refractivity (Wildman–Crippen MR) is 108 cm³/mol. The van der Waals surface area contributed by atoms with Crippen LogP contribution in [-0.4, -0.2) is 27.3 Å². The van der Waals surface area contributed by atoms with E-state index in [0.717, 1.165) is 17.2 Å². The monoisotopic (exact) mass is 369 g/mol. The largest absolute Gasteiger partial charge is 0.355 e. The second-order valence-corrected chi connectivity index (χ2v) is 7.52. The Bertz CT molecular complexity index is 1010. The molecule has 0 saturated carbocycles. The van der Waals surface area contributed by atoms with E-state index in [0.29, 0.717) is 29.1 Å². The Morgan fingerprint density at radius 1 is 1.23 bits per heavy atom. The van der Waals surface area contributed by atoms with Gasteiger partial charge in [0, 0.05) is 13.1 Å². The second-order valence-electron chi connectivity index (χ2n) is 6.21. The molecule has 0 unspecified atom stereocenters. The highest BCUT2D eigenvalue weighted by Gasteiger charge is 2.18. The van der Waals surface area contributed by atoms with Crippen LogP contribution in [0.2, 0.25) is 0 Å². The van der Waals surface area contributed by atoms with Crippen molar-refractivity contribution in [1.29, 1.82) is 0 Å². The molecule has 1 atom stereocenters. The molecule has 6 heteroatoms. The normalized spacial score (nSPS) is 12.4. The molecule has 136 valence electrons. The lowest BCUT2D eigenvalue weighted by molar-refractivity contribution is -0.120. The minimum absolute atomic E-state index is 0.0349. The molecule has 1 amide bonds. The Balaban J connectivity index is 2.05. The van der Waals surface area contributed by atoms with Crippen LogP contribution >= 0.6 is 11.8 Å². The van der Waals surface area contributed by atoms with Gasteiger partial charge < -0.3 is 5.32 Å². The summed E-state index contributed by atoms with van der Waals surface area (Å²) >= 11 is 1.33. The van der Waals surface area contributed by atoms with Gasteiger partial charge in [-0.15, -0.1) is 0 Å². The first-order valence-electron chi connectivity index (χ1n) is 8.92. The van der Waals surface area contributed by atoms with Crippen LogP contribution in [0.15, 0.2) is 46.3 Å². The standard InChI is InChI=1S/C20H23N3O2S/c1-4-10-21-18(24)13(3)26-20-22-17-12-15-9-7-6-8-14(15)11-16(17)19(25)23(20)5-2/h6-9,11-13H,4-5,10H2,1-3H3,(H,21,24)/t13-/m0/s1. The molecule has 0 spiro atoms. The van der Waals surface area contributed by atoms with Crippen molar-refractivity contribution in [3.63, 3.8) is 0 Å². The molecule has 0 radical (unpaired) electrons. The Kier molecular flexibility index (Phi) is 5.61. The van der Waals surface area contributed by atoms with Crippen molar-refractivity contribution in [2.24, 2.45) is 0 Å². The van der Waals surface area contributed by atoms with Gasteiger partial charge in [-0.05, 0) is 43.2 Å². The van der Waals surface area contributed by atoms with Crippen LogP contribution in [0.3, 0.4) is 0 Å². The van der Waals surface area contributed by atoms with E-state index in [1.807, 2.05) is 57.2 Å². The van der Waals surface area contributed by atoms with Gasteiger partial charge in [0.15, 0.2) is 5.16 Å². The van der Waals surface area contributed by atoms with Gasteiger partial charge in [-0.1, -0.05) is 43.0 Å². The zero-order valence-electron chi connectivity index (χ0n) is 15.3. The molecule has 5 nitrogen and oxygen atoms in total. The first kappa shape index (κ1) is 18.5. The number of hydrogen-bond acceptors (Lipinski definition) is 4. The molecule has 0 fully saturated rings. The molecule has 1 N–H and O–H groups in total. The maximum atomic E-state index is 13.0. The minimum Gasteiger partial charge on any atom is -0.355 e. The molecule has 3 rings (SSSR count). The third-order valence-corrected chi connectivity index (χ3v) is 5.39. The van der Waals surface area contributed by atoms with Crippen molar-refractivity contribution < 1.29 is 4.79 Å². The lowest BCUT2D eigenvalue weighted by Crippen LogP contribution is -2.32. The molecule has 0 bridgehead atoms. The van der Waals surface area contributed by atoms with Crippen LogP contribution in [-0.2, 0) is 11.3 Å². The van der Waals surface area contributed by atoms with E-state index in [-0.39, 0.29) is 16.7 Å². The van der Waals surface area contributed by atoms with Crippen molar-refractivity contribution in [1.82, 2.24) is 14.9 Å². The molecule has 3 aromatic rings. The average Bonchev–Trinajstić information content (AvgIpc) is 2.65. The summed E-state index contributed by atoms with van der Waals surface area (Å²) < 4.78 is 1.64. The highest BCUT2D eigenvalue weighted by Crippen LogP contribution is 2.25. The number of carbonyl (C=O) groups excluding carboxylic acids is 1. The number of thioether (sulfide) groups is 1. The highest BCUT2D eigenvalue weighted by molar-refractivity contribution is 8.00. The Labute approximate surface area is 156 Å². The Hall–Kier alpha value is -2.34. The van der Waals surface area contributed by atoms with E-state index in [4.69, 9.17) is 4.98 Å². The fraction of sp³-hybridized carbons (Fsp3) is 0.350. The van der Waals surface area contributed by atoms with Crippen LogP contribution in [0.1, 0.15) is 27.2 Å². The smallest absolute Gasteiger partial charge is 0.262 e. The molecule has 2 aromatic carbocycles. The van der Waals surface area contributed by atoms with E-state index < -0.39 is 0 Å². The summed E-state index contributed by atoms with van der Waals surface area (Å²) in [6.45, 7) is 6.94. The molecule has 1 heterocycles. The maximum Gasteiger partial charge on any atom is 0.262 e. The van der Waals surface area contributed by atoms with Crippen LogP contribution in [0, 0.1) is 0 Å². The topological polar surface area (TPSA) is 64.0 Å². The summed E-state index contributed by atoms with van der Waals surface area (Å²) in [7, 11) is 0. The van der Waals surface area contributed by atoms with Gasteiger partial charge in [0.2, 0.25) is 5.91 Å². The summed E-state index contributed by atoms with van der Waals surface area (Å²) in [5.74, 6) is -0.0349. The molecular formula is C20H23N3O2S. The number of nitrogens with one attached hydrogen (secondary N) is 1. The quantitative estimate of drug-likeness (QED) is 0.410. The average molecular weight is 369 g/mol. The fourth-order valence-corrected chi connectivity index (χ4v) is 3.86. The molecule has 0 aliphatic heterocycles. The van der Waals surface area contributed by atoms with Gasteiger partial charge in [-0.3, -0.25) is 14.2 Å². The van der Waals surface area contributed by atoms with Gasteiger partial charge >= 0.3 is 0 Å². The van der Waals surface area contributed by atoms with E-state index in [1.165, 1.54) is 11.8 Å². The van der Waals surface area contributed by atoms with Crippen molar-refractivity contribution in [3.05, 3.63) is 46.8 Å². The number of hydrogen-bond donors (Lipinski definition) is 1.